The van der Waals surface area contributed by atoms with Crippen molar-refractivity contribution in [1.29, 1.82) is 0 Å². The topological polar surface area (TPSA) is 9.23 Å². The number of hydrogen-bond donors (Lipinski definition) is 0. The first-order valence-electron chi connectivity index (χ1n) is 4.61. The van der Waals surface area contributed by atoms with Gasteiger partial charge in [0.1, 0.15) is 0 Å². The molecule has 1 nitrogen and oxygen atoms in total. The van der Waals surface area contributed by atoms with Crippen LogP contribution < -0.4 is 0 Å². The third-order valence-electron chi connectivity index (χ3n) is 2.41. The lowest BCUT2D eigenvalue weighted by Gasteiger charge is -2.14. The summed E-state index contributed by atoms with van der Waals surface area (Å²) >= 11 is 5.84. The molecule has 0 aromatic rings. The molecule has 0 spiro atoms. The van der Waals surface area contributed by atoms with Gasteiger partial charge in [-0.15, -0.1) is 18.2 Å². The molecule has 0 aromatic carbocycles. The van der Waals surface area contributed by atoms with Crippen molar-refractivity contribution in [2.75, 3.05) is 19.1 Å². The fourth-order valence-corrected chi connectivity index (χ4v) is 1.95. The van der Waals surface area contributed by atoms with Crippen LogP contribution >= 0.6 is 11.6 Å². The third kappa shape index (κ3) is 3.16. The van der Waals surface area contributed by atoms with Crippen LogP contribution in [0.2, 0.25) is 0 Å². The SMILES string of the molecule is C=CCC(CCl)CC1CCOC1. The van der Waals surface area contributed by atoms with E-state index in [4.69, 9.17) is 16.3 Å². The van der Waals surface area contributed by atoms with Gasteiger partial charge < -0.3 is 4.74 Å². The van der Waals surface area contributed by atoms with Crippen LogP contribution in [0.1, 0.15) is 19.3 Å². The summed E-state index contributed by atoms with van der Waals surface area (Å²) in [5, 5.41) is 0. The van der Waals surface area contributed by atoms with E-state index in [0.29, 0.717) is 5.92 Å². The quantitative estimate of drug-likeness (QED) is 0.476. The number of rotatable bonds is 5. The van der Waals surface area contributed by atoms with Gasteiger partial charge >= 0.3 is 0 Å². The van der Waals surface area contributed by atoms with Crippen molar-refractivity contribution < 1.29 is 4.74 Å². The Labute approximate surface area is 79.7 Å². The van der Waals surface area contributed by atoms with Crippen molar-refractivity contribution in [3.63, 3.8) is 0 Å². The minimum Gasteiger partial charge on any atom is -0.381 e. The van der Waals surface area contributed by atoms with Crippen molar-refractivity contribution in [1.82, 2.24) is 0 Å². The van der Waals surface area contributed by atoms with E-state index in [1.54, 1.807) is 0 Å². The Balaban J connectivity index is 2.20. The summed E-state index contributed by atoms with van der Waals surface area (Å²) in [6.45, 7) is 5.61. The van der Waals surface area contributed by atoms with Gasteiger partial charge in [-0.1, -0.05) is 6.08 Å². The van der Waals surface area contributed by atoms with E-state index in [9.17, 15) is 0 Å². The lowest BCUT2D eigenvalue weighted by Crippen LogP contribution is -2.09. The smallest absolute Gasteiger partial charge is 0.0495 e. The zero-order valence-corrected chi connectivity index (χ0v) is 8.22. The van der Waals surface area contributed by atoms with E-state index >= 15 is 0 Å². The Bertz CT molecular complexity index is 130. The molecule has 0 aromatic heterocycles. The van der Waals surface area contributed by atoms with Crippen molar-refractivity contribution in [2.24, 2.45) is 11.8 Å². The third-order valence-corrected chi connectivity index (χ3v) is 2.85. The first-order chi connectivity index (χ1) is 5.86. The van der Waals surface area contributed by atoms with Crippen LogP contribution in [0.25, 0.3) is 0 Å². The highest BCUT2D eigenvalue weighted by Gasteiger charge is 2.19. The van der Waals surface area contributed by atoms with Gasteiger partial charge in [0.25, 0.3) is 0 Å². The second-order valence-corrected chi connectivity index (χ2v) is 3.82. The van der Waals surface area contributed by atoms with Crippen LogP contribution in [0.5, 0.6) is 0 Å². The van der Waals surface area contributed by atoms with Gasteiger partial charge in [0.15, 0.2) is 0 Å². The van der Waals surface area contributed by atoms with Crippen molar-refractivity contribution in [3.8, 4) is 0 Å². The van der Waals surface area contributed by atoms with Crippen molar-refractivity contribution in [2.45, 2.75) is 19.3 Å². The van der Waals surface area contributed by atoms with E-state index < -0.39 is 0 Å². The molecular formula is C10H17ClO. The predicted molar refractivity (Wildman–Crippen MR) is 52.6 cm³/mol. The molecule has 1 heterocycles. The Kier molecular flexibility index (Phi) is 4.70. The Morgan fingerprint density at radius 1 is 1.67 bits per heavy atom. The molecule has 2 heteroatoms. The Hall–Kier alpha value is -0.0100. The minimum absolute atomic E-state index is 0.607. The molecule has 0 amide bonds. The summed E-state index contributed by atoms with van der Waals surface area (Å²) in [6.07, 6.45) is 5.42. The normalized spacial score (nSPS) is 25.6. The lowest BCUT2D eigenvalue weighted by molar-refractivity contribution is 0.181. The highest BCUT2D eigenvalue weighted by atomic mass is 35.5. The summed E-state index contributed by atoms with van der Waals surface area (Å²) < 4.78 is 5.31. The summed E-state index contributed by atoms with van der Waals surface area (Å²) in [5.41, 5.74) is 0. The highest BCUT2D eigenvalue weighted by Crippen LogP contribution is 2.24. The fraction of sp³-hybridized carbons (Fsp3) is 0.800. The van der Waals surface area contributed by atoms with Crippen LogP contribution in [-0.4, -0.2) is 19.1 Å². The molecule has 1 saturated heterocycles. The molecule has 0 aliphatic carbocycles. The molecule has 1 fully saturated rings. The molecular weight excluding hydrogens is 172 g/mol. The summed E-state index contributed by atoms with van der Waals surface area (Å²) in [6, 6.07) is 0. The second kappa shape index (κ2) is 5.60. The van der Waals surface area contributed by atoms with Gasteiger partial charge in [0.2, 0.25) is 0 Å². The fourth-order valence-electron chi connectivity index (χ4n) is 1.70. The lowest BCUT2D eigenvalue weighted by atomic mass is 9.93. The Morgan fingerprint density at radius 2 is 2.50 bits per heavy atom. The highest BCUT2D eigenvalue weighted by molar-refractivity contribution is 6.18. The molecule has 0 N–H and O–H groups in total. The number of alkyl halides is 1. The second-order valence-electron chi connectivity index (χ2n) is 3.51. The van der Waals surface area contributed by atoms with E-state index in [0.717, 1.165) is 31.4 Å². The van der Waals surface area contributed by atoms with E-state index in [-0.39, 0.29) is 0 Å². The van der Waals surface area contributed by atoms with E-state index in [1.165, 1.54) is 12.8 Å². The maximum absolute atomic E-state index is 5.84. The molecule has 2 atom stereocenters. The molecule has 1 aliphatic rings. The van der Waals surface area contributed by atoms with Crippen LogP contribution in [0, 0.1) is 11.8 Å². The number of hydrogen-bond acceptors (Lipinski definition) is 1. The minimum atomic E-state index is 0.607. The van der Waals surface area contributed by atoms with E-state index in [1.807, 2.05) is 6.08 Å². The molecule has 0 saturated carbocycles. The molecule has 70 valence electrons. The molecule has 12 heavy (non-hydrogen) atoms. The zero-order valence-electron chi connectivity index (χ0n) is 7.47. The largest absolute Gasteiger partial charge is 0.381 e. The van der Waals surface area contributed by atoms with Crippen molar-refractivity contribution in [3.05, 3.63) is 12.7 Å². The van der Waals surface area contributed by atoms with Crippen LogP contribution in [0.4, 0.5) is 0 Å². The molecule has 0 radical (unpaired) electrons. The van der Waals surface area contributed by atoms with Gasteiger partial charge in [-0.2, -0.15) is 0 Å². The van der Waals surface area contributed by atoms with Gasteiger partial charge in [0.05, 0.1) is 0 Å². The monoisotopic (exact) mass is 188 g/mol. The maximum atomic E-state index is 5.84. The first-order valence-corrected chi connectivity index (χ1v) is 5.15. The first kappa shape index (κ1) is 10.1. The van der Waals surface area contributed by atoms with E-state index in [2.05, 4.69) is 6.58 Å². The van der Waals surface area contributed by atoms with Crippen LogP contribution in [0.3, 0.4) is 0 Å². The standard InChI is InChI=1S/C10H17ClO/c1-2-3-9(7-11)6-10-4-5-12-8-10/h2,9-10H,1,3-8H2. The van der Waals surface area contributed by atoms with Crippen molar-refractivity contribution >= 4 is 11.6 Å². The molecule has 2 unspecified atom stereocenters. The van der Waals surface area contributed by atoms with Crippen LogP contribution in [0.15, 0.2) is 12.7 Å². The average molecular weight is 189 g/mol. The zero-order chi connectivity index (χ0) is 8.81. The van der Waals surface area contributed by atoms with Gasteiger partial charge in [-0.3, -0.25) is 0 Å². The molecule has 0 bridgehead atoms. The summed E-state index contributed by atoms with van der Waals surface area (Å²) in [5.74, 6) is 2.10. The van der Waals surface area contributed by atoms with Crippen LogP contribution in [-0.2, 0) is 4.74 Å². The maximum Gasteiger partial charge on any atom is 0.0495 e. The predicted octanol–water partition coefficient (Wildman–Crippen LogP) is 2.84. The summed E-state index contributed by atoms with van der Waals surface area (Å²) in [7, 11) is 0. The van der Waals surface area contributed by atoms with Gasteiger partial charge in [-0.25, -0.2) is 0 Å². The number of allylic oxidation sites excluding steroid dienone is 1. The number of halogens is 1. The summed E-state index contributed by atoms with van der Waals surface area (Å²) in [4.78, 5) is 0. The number of ether oxygens (including phenoxy) is 1. The average Bonchev–Trinajstić information content (AvgIpc) is 2.56. The molecule has 1 rings (SSSR count). The Morgan fingerprint density at radius 3 is 3.00 bits per heavy atom. The molecule has 1 aliphatic heterocycles. The van der Waals surface area contributed by atoms with Gasteiger partial charge in [-0.05, 0) is 31.1 Å². The van der Waals surface area contributed by atoms with Gasteiger partial charge in [0, 0.05) is 19.1 Å².